The van der Waals surface area contributed by atoms with E-state index in [4.69, 9.17) is 0 Å². The lowest BCUT2D eigenvalue weighted by Gasteiger charge is -2.56. The molecule has 2 aromatic heterocycles. The molecule has 4 bridgehead atoms. The summed E-state index contributed by atoms with van der Waals surface area (Å²) < 4.78 is 3.52. The Hall–Kier alpha value is -2.11. The highest BCUT2D eigenvalue weighted by molar-refractivity contribution is 5.92. The van der Waals surface area contributed by atoms with Gasteiger partial charge in [0.25, 0.3) is 5.91 Å². The number of nitrogens with zero attached hydrogens (tertiary/aromatic N) is 4. The number of rotatable bonds is 5. The van der Waals surface area contributed by atoms with Gasteiger partial charge in [0, 0.05) is 25.1 Å². The average molecular weight is 339 g/mol. The highest BCUT2D eigenvalue weighted by Crippen LogP contribution is 2.59. The molecule has 4 aliphatic rings. The maximum absolute atomic E-state index is 12.5. The second-order valence-electron chi connectivity index (χ2n) is 8.53. The summed E-state index contributed by atoms with van der Waals surface area (Å²) in [7, 11) is 0. The van der Waals surface area contributed by atoms with Crippen molar-refractivity contribution in [3.63, 3.8) is 0 Å². The minimum absolute atomic E-state index is 0.0463. The van der Waals surface area contributed by atoms with Crippen LogP contribution in [0, 0.1) is 23.2 Å². The summed E-state index contributed by atoms with van der Waals surface area (Å²) >= 11 is 0. The lowest BCUT2D eigenvalue weighted by molar-refractivity contribution is -0.0503. The summed E-state index contributed by atoms with van der Waals surface area (Å²) in [4.78, 5) is 12.5. The van der Waals surface area contributed by atoms with E-state index in [1.54, 1.807) is 21.6 Å². The highest BCUT2D eigenvalue weighted by atomic mass is 16.1. The Morgan fingerprint density at radius 3 is 2.48 bits per heavy atom. The molecule has 0 aliphatic heterocycles. The van der Waals surface area contributed by atoms with Crippen molar-refractivity contribution in [2.75, 3.05) is 6.54 Å². The van der Waals surface area contributed by atoms with Gasteiger partial charge >= 0.3 is 0 Å². The molecule has 1 amide bonds. The van der Waals surface area contributed by atoms with Gasteiger partial charge in [0.05, 0.1) is 0 Å². The molecule has 4 aliphatic carbocycles. The van der Waals surface area contributed by atoms with Crippen molar-refractivity contribution in [2.24, 2.45) is 23.2 Å². The zero-order chi connectivity index (χ0) is 16.9. The van der Waals surface area contributed by atoms with Gasteiger partial charge in [-0.25, -0.2) is 0 Å². The van der Waals surface area contributed by atoms with Gasteiger partial charge in [-0.1, -0.05) is 0 Å². The van der Waals surface area contributed by atoms with Crippen LogP contribution >= 0.6 is 0 Å². The van der Waals surface area contributed by atoms with Crippen molar-refractivity contribution in [1.82, 2.24) is 24.9 Å². The Morgan fingerprint density at radius 1 is 1.12 bits per heavy atom. The first kappa shape index (κ1) is 15.2. The van der Waals surface area contributed by atoms with Crippen LogP contribution in [-0.2, 0) is 6.67 Å². The number of amides is 1. The lowest BCUT2D eigenvalue weighted by Crippen LogP contribution is -2.51. The molecule has 2 heterocycles. The van der Waals surface area contributed by atoms with Crippen LogP contribution in [-0.4, -0.2) is 32.0 Å². The van der Waals surface area contributed by atoms with Crippen molar-refractivity contribution in [3.8, 4) is 0 Å². The second-order valence-corrected chi connectivity index (χ2v) is 8.53. The van der Waals surface area contributed by atoms with Gasteiger partial charge in [0.2, 0.25) is 0 Å². The molecular formula is C19H25N5O. The van der Waals surface area contributed by atoms with Gasteiger partial charge in [-0.05, 0) is 73.8 Å². The zero-order valence-corrected chi connectivity index (χ0v) is 14.5. The predicted molar refractivity (Wildman–Crippen MR) is 92.8 cm³/mol. The molecule has 0 saturated heterocycles. The van der Waals surface area contributed by atoms with Gasteiger partial charge < -0.3 is 5.32 Å². The van der Waals surface area contributed by atoms with Gasteiger partial charge in [-0.2, -0.15) is 10.2 Å². The van der Waals surface area contributed by atoms with Crippen LogP contribution in [0.3, 0.4) is 0 Å². The number of nitrogens with one attached hydrogen (secondary N) is 1. The Morgan fingerprint density at radius 2 is 1.84 bits per heavy atom. The van der Waals surface area contributed by atoms with Gasteiger partial charge in [0.1, 0.15) is 12.4 Å². The number of aromatic nitrogens is 4. The maximum Gasteiger partial charge on any atom is 0.271 e. The molecule has 0 spiro atoms. The zero-order valence-electron chi connectivity index (χ0n) is 14.5. The summed E-state index contributed by atoms with van der Waals surface area (Å²) in [6.07, 6.45) is 13.7. The summed E-state index contributed by atoms with van der Waals surface area (Å²) in [6, 6.07) is 3.67. The van der Waals surface area contributed by atoms with Crippen LogP contribution < -0.4 is 5.32 Å². The number of carbonyl (C=O) groups is 1. The molecule has 0 aromatic carbocycles. The van der Waals surface area contributed by atoms with Crippen molar-refractivity contribution >= 4 is 5.91 Å². The molecule has 6 rings (SSSR count). The van der Waals surface area contributed by atoms with E-state index in [-0.39, 0.29) is 5.91 Å². The van der Waals surface area contributed by atoms with Crippen LogP contribution in [0.5, 0.6) is 0 Å². The first-order valence-electron chi connectivity index (χ1n) is 9.47. The average Bonchev–Trinajstić information content (AvgIpc) is 3.24. The number of hydrogen-bond donors (Lipinski definition) is 1. The Balaban J connectivity index is 1.22. The largest absolute Gasteiger partial charge is 0.350 e. The number of hydrogen-bond acceptors (Lipinski definition) is 3. The molecular weight excluding hydrogens is 314 g/mol. The van der Waals surface area contributed by atoms with Crippen molar-refractivity contribution in [3.05, 3.63) is 36.4 Å². The quantitative estimate of drug-likeness (QED) is 0.910. The third-order valence-electron chi connectivity index (χ3n) is 6.51. The first-order valence-corrected chi connectivity index (χ1v) is 9.47. The van der Waals surface area contributed by atoms with Crippen molar-refractivity contribution < 1.29 is 4.79 Å². The third-order valence-corrected chi connectivity index (χ3v) is 6.51. The van der Waals surface area contributed by atoms with Crippen LogP contribution in [0.2, 0.25) is 0 Å². The molecule has 25 heavy (non-hydrogen) atoms. The second kappa shape index (κ2) is 5.71. The van der Waals surface area contributed by atoms with Gasteiger partial charge in [-0.15, -0.1) is 0 Å². The van der Waals surface area contributed by atoms with E-state index in [1.165, 1.54) is 38.5 Å². The van der Waals surface area contributed by atoms with E-state index in [1.807, 2.05) is 18.5 Å². The Bertz CT molecular complexity index is 727. The lowest BCUT2D eigenvalue weighted by atomic mass is 9.49. The molecule has 6 heteroatoms. The van der Waals surface area contributed by atoms with E-state index < -0.39 is 0 Å². The normalized spacial score (nSPS) is 32.9. The smallest absolute Gasteiger partial charge is 0.271 e. The third kappa shape index (κ3) is 2.87. The fraction of sp³-hybridized carbons (Fsp3) is 0.632. The van der Waals surface area contributed by atoms with Crippen LogP contribution in [0.25, 0.3) is 0 Å². The first-order chi connectivity index (χ1) is 12.2. The minimum Gasteiger partial charge on any atom is -0.350 e. The van der Waals surface area contributed by atoms with Gasteiger partial charge in [-0.3, -0.25) is 14.2 Å². The molecule has 1 N–H and O–H groups in total. The summed E-state index contributed by atoms with van der Waals surface area (Å²) in [6.45, 7) is 1.34. The van der Waals surface area contributed by atoms with E-state index in [0.29, 0.717) is 17.8 Å². The molecule has 4 fully saturated rings. The predicted octanol–water partition coefficient (Wildman–Crippen LogP) is 2.53. The Labute approximate surface area is 147 Å². The van der Waals surface area contributed by atoms with E-state index in [2.05, 4.69) is 15.5 Å². The van der Waals surface area contributed by atoms with E-state index in [9.17, 15) is 4.79 Å². The topological polar surface area (TPSA) is 64.7 Å². The molecule has 6 nitrogen and oxygen atoms in total. The summed E-state index contributed by atoms with van der Waals surface area (Å²) in [5, 5.41) is 11.7. The summed E-state index contributed by atoms with van der Waals surface area (Å²) in [5.74, 6) is 2.69. The summed E-state index contributed by atoms with van der Waals surface area (Å²) in [5.41, 5.74) is 0.860. The van der Waals surface area contributed by atoms with Crippen LogP contribution in [0.4, 0.5) is 0 Å². The molecule has 4 saturated carbocycles. The van der Waals surface area contributed by atoms with Gasteiger partial charge in [0.15, 0.2) is 0 Å². The molecule has 0 atom stereocenters. The fourth-order valence-electron chi connectivity index (χ4n) is 5.96. The van der Waals surface area contributed by atoms with E-state index in [0.717, 1.165) is 24.3 Å². The van der Waals surface area contributed by atoms with E-state index >= 15 is 0 Å². The SMILES string of the molecule is O=C(NCC12CC3CC(CC(C3)C1)C2)c1ccn(Cn2cccn2)n1. The van der Waals surface area contributed by atoms with Crippen LogP contribution in [0.1, 0.15) is 49.0 Å². The maximum atomic E-state index is 12.5. The standard InChI is InChI=1S/C19H25N5O/c25-18(17-2-5-24(22-17)13-23-4-1-3-21-23)20-12-19-9-14-6-15(10-19)8-16(7-14)11-19/h1-5,14-16H,6-13H2,(H,20,25). The molecule has 0 unspecified atom stereocenters. The molecule has 2 aromatic rings. The van der Waals surface area contributed by atoms with Crippen molar-refractivity contribution in [1.29, 1.82) is 0 Å². The monoisotopic (exact) mass is 339 g/mol. The Kier molecular flexibility index (Phi) is 3.47. The van der Waals surface area contributed by atoms with Crippen molar-refractivity contribution in [2.45, 2.75) is 45.2 Å². The molecule has 132 valence electrons. The highest BCUT2D eigenvalue weighted by Gasteiger charge is 2.50. The number of carbonyl (C=O) groups excluding carboxylic acids is 1. The van der Waals surface area contributed by atoms with Crippen LogP contribution in [0.15, 0.2) is 30.7 Å². The minimum atomic E-state index is -0.0463. The molecule has 0 radical (unpaired) electrons. The fourth-order valence-corrected chi connectivity index (χ4v) is 5.96.